The van der Waals surface area contributed by atoms with Crippen molar-refractivity contribution >= 4 is 5.69 Å². The molecule has 2 aromatic rings. The summed E-state index contributed by atoms with van der Waals surface area (Å²) in [5.74, 6) is 1.64. The predicted octanol–water partition coefficient (Wildman–Crippen LogP) is 4.08. The molecule has 2 aromatic carbocycles. The average molecular weight is 267 g/mol. The van der Waals surface area contributed by atoms with E-state index in [1.165, 1.54) is 24.1 Å². The Morgan fingerprint density at radius 2 is 1.55 bits per heavy atom. The van der Waals surface area contributed by atoms with Gasteiger partial charge in [-0.1, -0.05) is 30.3 Å². The molecule has 0 spiro atoms. The van der Waals surface area contributed by atoms with E-state index in [4.69, 9.17) is 4.74 Å². The first-order chi connectivity index (χ1) is 9.86. The van der Waals surface area contributed by atoms with E-state index in [2.05, 4.69) is 47.4 Å². The van der Waals surface area contributed by atoms with Crippen LogP contribution in [0.25, 0.3) is 0 Å². The maximum Gasteiger partial charge on any atom is 0.119 e. The van der Waals surface area contributed by atoms with Crippen molar-refractivity contribution in [3.05, 3.63) is 60.2 Å². The SMILES string of the molecule is COc1ccc(N2CCC(c3ccccc3)CC2)cc1. The Morgan fingerprint density at radius 3 is 2.15 bits per heavy atom. The van der Waals surface area contributed by atoms with Crippen LogP contribution in [0.15, 0.2) is 54.6 Å². The standard InChI is InChI=1S/C18H21NO/c1-20-18-9-7-17(8-10-18)19-13-11-16(12-14-19)15-5-3-2-4-6-15/h2-10,16H,11-14H2,1H3. The molecule has 0 N–H and O–H groups in total. The van der Waals surface area contributed by atoms with Crippen molar-refractivity contribution in [3.63, 3.8) is 0 Å². The highest BCUT2D eigenvalue weighted by Gasteiger charge is 2.20. The van der Waals surface area contributed by atoms with Crippen LogP contribution in [0.5, 0.6) is 5.75 Å². The Bertz CT molecular complexity index is 527. The Labute approximate surface area is 121 Å². The van der Waals surface area contributed by atoms with Crippen LogP contribution in [-0.2, 0) is 0 Å². The number of piperidine rings is 1. The van der Waals surface area contributed by atoms with Gasteiger partial charge in [-0.3, -0.25) is 0 Å². The fraction of sp³-hybridized carbons (Fsp3) is 0.333. The van der Waals surface area contributed by atoms with Crippen LogP contribution in [0, 0.1) is 0 Å². The van der Waals surface area contributed by atoms with Crippen LogP contribution < -0.4 is 9.64 Å². The van der Waals surface area contributed by atoms with Gasteiger partial charge < -0.3 is 9.64 Å². The van der Waals surface area contributed by atoms with E-state index < -0.39 is 0 Å². The van der Waals surface area contributed by atoms with E-state index in [-0.39, 0.29) is 0 Å². The summed E-state index contributed by atoms with van der Waals surface area (Å²) in [5.41, 5.74) is 2.79. The number of ether oxygens (including phenoxy) is 1. The largest absolute Gasteiger partial charge is 0.497 e. The maximum atomic E-state index is 5.21. The zero-order valence-corrected chi connectivity index (χ0v) is 12.0. The molecule has 104 valence electrons. The van der Waals surface area contributed by atoms with Gasteiger partial charge in [0.25, 0.3) is 0 Å². The van der Waals surface area contributed by atoms with Gasteiger partial charge in [0, 0.05) is 18.8 Å². The van der Waals surface area contributed by atoms with Crippen LogP contribution in [-0.4, -0.2) is 20.2 Å². The van der Waals surface area contributed by atoms with Crippen molar-refractivity contribution < 1.29 is 4.74 Å². The summed E-state index contributed by atoms with van der Waals surface area (Å²) in [6, 6.07) is 19.3. The summed E-state index contributed by atoms with van der Waals surface area (Å²) in [5, 5.41) is 0. The zero-order chi connectivity index (χ0) is 13.8. The quantitative estimate of drug-likeness (QED) is 0.831. The number of methoxy groups -OCH3 is 1. The summed E-state index contributed by atoms with van der Waals surface area (Å²) < 4.78 is 5.21. The minimum atomic E-state index is 0.714. The lowest BCUT2D eigenvalue weighted by atomic mass is 9.89. The van der Waals surface area contributed by atoms with Gasteiger partial charge in [-0.15, -0.1) is 0 Å². The molecule has 0 unspecified atom stereocenters. The zero-order valence-electron chi connectivity index (χ0n) is 12.0. The predicted molar refractivity (Wildman–Crippen MR) is 83.6 cm³/mol. The van der Waals surface area contributed by atoms with E-state index in [0.29, 0.717) is 5.92 Å². The van der Waals surface area contributed by atoms with Crippen LogP contribution >= 0.6 is 0 Å². The molecule has 0 amide bonds. The monoisotopic (exact) mass is 267 g/mol. The van der Waals surface area contributed by atoms with Gasteiger partial charge in [-0.2, -0.15) is 0 Å². The van der Waals surface area contributed by atoms with E-state index in [1.54, 1.807) is 7.11 Å². The van der Waals surface area contributed by atoms with Gasteiger partial charge >= 0.3 is 0 Å². The van der Waals surface area contributed by atoms with E-state index in [9.17, 15) is 0 Å². The fourth-order valence-corrected chi connectivity index (χ4v) is 2.99. The highest BCUT2D eigenvalue weighted by Crippen LogP contribution is 2.30. The molecule has 20 heavy (non-hydrogen) atoms. The molecule has 2 heteroatoms. The summed E-state index contributed by atoms with van der Waals surface area (Å²) in [4.78, 5) is 2.47. The first kappa shape index (κ1) is 13.0. The summed E-state index contributed by atoms with van der Waals surface area (Å²) >= 11 is 0. The highest BCUT2D eigenvalue weighted by molar-refractivity contribution is 5.49. The molecule has 1 fully saturated rings. The normalized spacial score (nSPS) is 16.1. The molecule has 0 aliphatic carbocycles. The van der Waals surface area contributed by atoms with Gasteiger partial charge in [0.15, 0.2) is 0 Å². The van der Waals surface area contributed by atoms with Crippen LogP contribution in [0.4, 0.5) is 5.69 Å². The lowest BCUT2D eigenvalue weighted by Crippen LogP contribution is -2.32. The Hall–Kier alpha value is -1.96. The lowest BCUT2D eigenvalue weighted by Gasteiger charge is -2.34. The average Bonchev–Trinajstić information content (AvgIpc) is 2.56. The number of rotatable bonds is 3. The minimum Gasteiger partial charge on any atom is -0.497 e. The molecular formula is C18H21NO. The third kappa shape index (κ3) is 2.79. The molecule has 0 aromatic heterocycles. The molecule has 3 rings (SSSR count). The van der Waals surface area contributed by atoms with Crippen molar-refractivity contribution in [2.24, 2.45) is 0 Å². The smallest absolute Gasteiger partial charge is 0.119 e. The topological polar surface area (TPSA) is 12.5 Å². The Morgan fingerprint density at radius 1 is 0.900 bits per heavy atom. The van der Waals surface area contributed by atoms with Crippen LogP contribution in [0.2, 0.25) is 0 Å². The fourth-order valence-electron chi connectivity index (χ4n) is 2.99. The number of anilines is 1. The number of hydrogen-bond acceptors (Lipinski definition) is 2. The van der Waals surface area contributed by atoms with E-state index >= 15 is 0 Å². The molecular weight excluding hydrogens is 246 g/mol. The summed E-state index contributed by atoms with van der Waals surface area (Å²) in [7, 11) is 1.71. The number of nitrogens with zero attached hydrogens (tertiary/aromatic N) is 1. The Kier molecular flexibility index (Phi) is 3.91. The van der Waals surface area contributed by atoms with Crippen LogP contribution in [0.3, 0.4) is 0 Å². The third-order valence-electron chi connectivity index (χ3n) is 4.20. The molecule has 0 saturated carbocycles. The van der Waals surface area contributed by atoms with E-state index in [1.807, 2.05) is 12.1 Å². The first-order valence-electron chi connectivity index (χ1n) is 7.31. The lowest BCUT2D eigenvalue weighted by molar-refractivity contribution is 0.414. The molecule has 1 aliphatic rings. The summed E-state index contributed by atoms with van der Waals surface area (Å²) in [6.07, 6.45) is 2.46. The highest BCUT2D eigenvalue weighted by atomic mass is 16.5. The molecule has 1 saturated heterocycles. The number of benzene rings is 2. The second-order valence-electron chi connectivity index (χ2n) is 5.37. The molecule has 0 bridgehead atoms. The Balaban J connectivity index is 1.63. The molecule has 0 radical (unpaired) electrons. The van der Waals surface area contributed by atoms with Crippen molar-refractivity contribution in [1.82, 2.24) is 0 Å². The third-order valence-corrected chi connectivity index (χ3v) is 4.20. The molecule has 2 nitrogen and oxygen atoms in total. The molecule has 1 aliphatic heterocycles. The first-order valence-corrected chi connectivity index (χ1v) is 7.31. The second-order valence-corrected chi connectivity index (χ2v) is 5.37. The van der Waals surface area contributed by atoms with Crippen LogP contribution in [0.1, 0.15) is 24.3 Å². The second kappa shape index (κ2) is 6.00. The van der Waals surface area contributed by atoms with Crippen molar-refractivity contribution in [2.75, 3.05) is 25.1 Å². The van der Waals surface area contributed by atoms with Crippen molar-refractivity contribution in [3.8, 4) is 5.75 Å². The van der Waals surface area contributed by atoms with E-state index in [0.717, 1.165) is 18.8 Å². The van der Waals surface area contributed by atoms with Gasteiger partial charge in [-0.05, 0) is 48.6 Å². The molecule has 0 atom stereocenters. The van der Waals surface area contributed by atoms with Gasteiger partial charge in [0.2, 0.25) is 0 Å². The van der Waals surface area contributed by atoms with Gasteiger partial charge in [0.05, 0.1) is 7.11 Å². The van der Waals surface area contributed by atoms with Crippen molar-refractivity contribution in [1.29, 1.82) is 0 Å². The number of hydrogen-bond donors (Lipinski definition) is 0. The summed E-state index contributed by atoms with van der Waals surface area (Å²) in [6.45, 7) is 2.26. The van der Waals surface area contributed by atoms with Crippen molar-refractivity contribution in [2.45, 2.75) is 18.8 Å². The van der Waals surface area contributed by atoms with Gasteiger partial charge in [0.1, 0.15) is 5.75 Å². The minimum absolute atomic E-state index is 0.714. The van der Waals surface area contributed by atoms with Gasteiger partial charge in [-0.25, -0.2) is 0 Å². The molecule has 1 heterocycles. The maximum absolute atomic E-state index is 5.21.